The molecule has 20 heavy (non-hydrogen) atoms. The first-order valence-corrected chi connectivity index (χ1v) is 6.59. The molecule has 3 heteroatoms. The van der Waals surface area contributed by atoms with Crippen molar-refractivity contribution in [1.82, 2.24) is 0 Å². The van der Waals surface area contributed by atoms with Crippen molar-refractivity contribution in [3.8, 4) is 5.75 Å². The summed E-state index contributed by atoms with van der Waals surface area (Å²) in [6.45, 7) is 6.42. The van der Waals surface area contributed by atoms with Crippen LogP contribution in [0.15, 0.2) is 47.6 Å². The topological polar surface area (TPSA) is 41.8 Å². The third kappa shape index (κ3) is 2.99. The number of benzene rings is 2. The molecule has 0 amide bonds. The molecule has 0 unspecified atom stereocenters. The Morgan fingerprint density at radius 2 is 1.70 bits per heavy atom. The molecule has 2 rings (SSSR count). The monoisotopic (exact) mass is 269 g/mol. The number of rotatable bonds is 4. The zero-order valence-electron chi connectivity index (χ0n) is 12.1. The maximum atomic E-state index is 8.92. The Balaban J connectivity index is 2.24. The minimum absolute atomic E-state index is 0.508. The molecule has 0 aliphatic rings. The number of oxime groups is 1. The van der Waals surface area contributed by atoms with Crippen LogP contribution in [0, 0.1) is 13.8 Å². The van der Waals surface area contributed by atoms with Crippen LogP contribution in [0.2, 0.25) is 0 Å². The molecule has 0 heterocycles. The Morgan fingerprint density at radius 3 is 2.35 bits per heavy atom. The van der Waals surface area contributed by atoms with Crippen LogP contribution < -0.4 is 4.74 Å². The largest absolute Gasteiger partial charge is 0.488 e. The summed E-state index contributed by atoms with van der Waals surface area (Å²) in [6.07, 6.45) is 0. The van der Waals surface area contributed by atoms with Crippen molar-refractivity contribution in [3.63, 3.8) is 0 Å². The zero-order valence-corrected chi connectivity index (χ0v) is 12.1. The van der Waals surface area contributed by atoms with Crippen molar-refractivity contribution in [3.05, 3.63) is 64.7 Å². The van der Waals surface area contributed by atoms with Gasteiger partial charge in [0.1, 0.15) is 12.4 Å². The average molecular weight is 269 g/mol. The second-order valence-corrected chi connectivity index (χ2v) is 4.84. The van der Waals surface area contributed by atoms with Crippen LogP contribution in [-0.2, 0) is 6.61 Å². The number of hydrogen-bond donors (Lipinski definition) is 1. The highest BCUT2D eigenvalue weighted by Crippen LogP contribution is 2.22. The fourth-order valence-corrected chi connectivity index (χ4v) is 2.17. The molecule has 2 aromatic carbocycles. The first-order chi connectivity index (χ1) is 9.63. The summed E-state index contributed by atoms with van der Waals surface area (Å²) < 4.78 is 5.92. The van der Waals surface area contributed by atoms with E-state index < -0.39 is 0 Å². The van der Waals surface area contributed by atoms with E-state index in [1.54, 1.807) is 6.92 Å². The summed E-state index contributed by atoms with van der Waals surface area (Å²) in [7, 11) is 0. The van der Waals surface area contributed by atoms with Crippen LogP contribution in [0.4, 0.5) is 0 Å². The summed E-state index contributed by atoms with van der Waals surface area (Å²) in [5.41, 5.74) is 4.98. The number of ether oxygens (including phenoxy) is 1. The van der Waals surface area contributed by atoms with E-state index in [1.165, 1.54) is 16.7 Å². The molecule has 2 aromatic rings. The normalized spacial score (nSPS) is 11.4. The van der Waals surface area contributed by atoms with Crippen molar-refractivity contribution in [2.45, 2.75) is 27.4 Å². The molecule has 0 fully saturated rings. The maximum absolute atomic E-state index is 8.92. The van der Waals surface area contributed by atoms with Crippen LogP contribution in [0.25, 0.3) is 0 Å². The fraction of sp³-hybridized carbons (Fsp3) is 0.235. The van der Waals surface area contributed by atoms with Crippen LogP contribution in [0.3, 0.4) is 0 Å². The van der Waals surface area contributed by atoms with Gasteiger partial charge in [-0.25, -0.2) is 0 Å². The molecule has 0 aromatic heterocycles. The molecule has 3 nitrogen and oxygen atoms in total. The Morgan fingerprint density at radius 1 is 1.05 bits per heavy atom. The third-order valence-corrected chi connectivity index (χ3v) is 3.44. The highest BCUT2D eigenvalue weighted by Gasteiger charge is 2.08. The molecule has 0 radical (unpaired) electrons. The van der Waals surface area contributed by atoms with Gasteiger partial charge in [-0.1, -0.05) is 35.5 Å². The molecule has 0 spiro atoms. The molecular formula is C17H19NO2. The van der Waals surface area contributed by atoms with Gasteiger partial charge in [0.25, 0.3) is 0 Å². The van der Waals surface area contributed by atoms with Gasteiger partial charge in [0.05, 0.1) is 5.71 Å². The number of para-hydroxylation sites is 1. The molecule has 0 saturated carbocycles. The summed E-state index contributed by atoms with van der Waals surface area (Å²) in [4.78, 5) is 0. The lowest BCUT2D eigenvalue weighted by molar-refractivity contribution is 0.302. The smallest absolute Gasteiger partial charge is 0.128 e. The van der Waals surface area contributed by atoms with Gasteiger partial charge in [0.15, 0.2) is 0 Å². The van der Waals surface area contributed by atoms with Crippen molar-refractivity contribution in [2.75, 3.05) is 0 Å². The zero-order chi connectivity index (χ0) is 14.5. The summed E-state index contributed by atoms with van der Waals surface area (Å²) in [5.74, 6) is 0.727. The molecule has 0 bridgehead atoms. The lowest BCUT2D eigenvalue weighted by Crippen LogP contribution is -2.04. The van der Waals surface area contributed by atoms with E-state index in [4.69, 9.17) is 9.94 Å². The van der Waals surface area contributed by atoms with Gasteiger partial charge in [-0.3, -0.25) is 0 Å². The van der Waals surface area contributed by atoms with E-state index in [-0.39, 0.29) is 0 Å². The van der Waals surface area contributed by atoms with Crippen LogP contribution >= 0.6 is 0 Å². The van der Waals surface area contributed by atoms with Crippen LogP contribution in [0.1, 0.15) is 29.2 Å². The van der Waals surface area contributed by atoms with Gasteiger partial charge in [0, 0.05) is 5.56 Å². The Labute approximate surface area is 119 Å². The minimum atomic E-state index is 0.508. The van der Waals surface area contributed by atoms with Gasteiger partial charge in [-0.15, -0.1) is 0 Å². The van der Waals surface area contributed by atoms with Crippen LogP contribution in [-0.4, -0.2) is 10.9 Å². The second kappa shape index (κ2) is 6.24. The van der Waals surface area contributed by atoms with Gasteiger partial charge in [0.2, 0.25) is 0 Å². The van der Waals surface area contributed by atoms with Crippen molar-refractivity contribution in [1.29, 1.82) is 0 Å². The summed E-state index contributed by atoms with van der Waals surface area (Å²) >= 11 is 0. The first-order valence-electron chi connectivity index (χ1n) is 6.59. The standard InChI is InChI=1S/C17H19NO2/c1-12-7-6-8-13(2)16(12)11-20-17-10-5-4-9-15(17)14(3)18-19/h4-10,19H,11H2,1-3H3/b18-14-. The average Bonchev–Trinajstić information content (AvgIpc) is 2.46. The van der Waals surface area contributed by atoms with E-state index in [1.807, 2.05) is 30.3 Å². The first kappa shape index (κ1) is 14.1. The quantitative estimate of drug-likeness (QED) is 0.516. The number of hydrogen-bond acceptors (Lipinski definition) is 3. The Kier molecular flexibility index (Phi) is 4.41. The molecule has 1 N–H and O–H groups in total. The van der Waals surface area contributed by atoms with E-state index in [2.05, 4.69) is 31.1 Å². The fourth-order valence-electron chi connectivity index (χ4n) is 2.17. The van der Waals surface area contributed by atoms with E-state index in [0.717, 1.165) is 11.3 Å². The van der Waals surface area contributed by atoms with E-state index >= 15 is 0 Å². The van der Waals surface area contributed by atoms with Crippen LogP contribution in [0.5, 0.6) is 5.75 Å². The van der Waals surface area contributed by atoms with Gasteiger partial charge in [-0.05, 0) is 49.6 Å². The lowest BCUT2D eigenvalue weighted by Gasteiger charge is -2.13. The molecule has 0 aliphatic heterocycles. The number of aryl methyl sites for hydroxylation is 2. The molecule has 0 atom stereocenters. The van der Waals surface area contributed by atoms with Gasteiger partial charge < -0.3 is 9.94 Å². The van der Waals surface area contributed by atoms with Gasteiger partial charge in [-0.2, -0.15) is 0 Å². The van der Waals surface area contributed by atoms with Crippen molar-refractivity contribution >= 4 is 5.71 Å². The minimum Gasteiger partial charge on any atom is -0.488 e. The highest BCUT2D eigenvalue weighted by atomic mass is 16.5. The predicted molar refractivity (Wildman–Crippen MR) is 80.7 cm³/mol. The van der Waals surface area contributed by atoms with E-state index in [0.29, 0.717) is 12.3 Å². The summed E-state index contributed by atoms with van der Waals surface area (Å²) in [5, 5.41) is 12.2. The lowest BCUT2D eigenvalue weighted by atomic mass is 10.0. The molecule has 0 aliphatic carbocycles. The van der Waals surface area contributed by atoms with Crippen molar-refractivity contribution in [2.24, 2.45) is 5.16 Å². The van der Waals surface area contributed by atoms with E-state index in [9.17, 15) is 0 Å². The Bertz CT molecular complexity index is 612. The SMILES string of the molecule is C/C(=N/O)c1ccccc1OCc1c(C)cccc1C. The molecular weight excluding hydrogens is 250 g/mol. The predicted octanol–water partition coefficient (Wildman–Crippen LogP) is 4.08. The molecule has 0 saturated heterocycles. The number of nitrogens with zero attached hydrogens (tertiary/aromatic N) is 1. The van der Waals surface area contributed by atoms with Crippen molar-refractivity contribution < 1.29 is 9.94 Å². The Hall–Kier alpha value is -2.29. The third-order valence-electron chi connectivity index (χ3n) is 3.44. The maximum Gasteiger partial charge on any atom is 0.128 e. The van der Waals surface area contributed by atoms with Gasteiger partial charge >= 0.3 is 0 Å². The molecule has 104 valence electrons. The highest BCUT2D eigenvalue weighted by molar-refractivity contribution is 6.00. The summed E-state index contributed by atoms with van der Waals surface area (Å²) in [6, 6.07) is 13.8. The second-order valence-electron chi connectivity index (χ2n) is 4.84.